The van der Waals surface area contributed by atoms with Crippen molar-refractivity contribution in [1.29, 1.82) is 0 Å². The molecule has 0 bridgehead atoms. The molecule has 1 aromatic heterocycles. The second-order valence-corrected chi connectivity index (χ2v) is 7.03. The molecular formula is C16H25N3OS. The molecule has 1 N–H and O–H groups in total. The standard InChI is InChI=1S/C16H25N3OS/c1-12(2)19-8-4-5-14(10-19)9-17-16(20)7-6-15-11-21-13(3)18-15/h6-7,11-12,14H,4-5,8-10H2,1-3H3,(H,17,20). The number of aromatic nitrogens is 1. The minimum Gasteiger partial charge on any atom is -0.352 e. The molecule has 2 rings (SSSR count). The lowest BCUT2D eigenvalue weighted by Crippen LogP contribution is -2.43. The number of likely N-dealkylation sites (tertiary alicyclic amines) is 1. The van der Waals surface area contributed by atoms with Crippen LogP contribution in [0, 0.1) is 12.8 Å². The Hall–Kier alpha value is -1.20. The third-order valence-electron chi connectivity index (χ3n) is 3.89. The van der Waals surface area contributed by atoms with Crippen molar-refractivity contribution >= 4 is 23.3 Å². The highest BCUT2D eigenvalue weighted by Gasteiger charge is 2.21. The van der Waals surface area contributed by atoms with E-state index in [0.717, 1.165) is 23.8 Å². The van der Waals surface area contributed by atoms with Crippen LogP contribution in [0.15, 0.2) is 11.5 Å². The second kappa shape index (κ2) is 7.71. The van der Waals surface area contributed by atoms with Crippen LogP contribution in [0.4, 0.5) is 0 Å². The van der Waals surface area contributed by atoms with E-state index in [0.29, 0.717) is 12.0 Å². The van der Waals surface area contributed by atoms with Crippen molar-refractivity contribution in [2.45, 2.75) is 39.7 Å². The first-order valence-corrected chi connectivity index (χ1v) is 8.54. The Morgan fingerprint density at radius 2 is 2.43 bits per heavy atom. The van der Waals surface area contributed by atoms with Crippen LogP contribution in [0.2, 0.25) is 0 Å². The third-order valence-corrected chi connectivity index (χ3v) is 4.68. The number of hydrogen-bond donors (Lipinski definition) is 1. The summed E-state index contributed by atoms with van der Waals surface area (Å²) in [6.07, 6.45) is 5.79. The summed E-state index contributed by atoms with van der Waals surface area (Å²) in [5, 5.41) is 5.99. The number of thiazole rings is 1. The summed E-state index contributed by atoms with van der Waals surface area (Å²) in [5.41, 5.74) is 0.858. The average molecular weight is 307 g/mol. The lowest BCUT2D eigenvalue weighted by atomic mass is 9.97. The monoisotopic (exact) mass is 307 g/mol. The van der Waals surface area contributed by atoms with Gasteiger partial charge >= 0.3 is 0 Å². The van der Waals surface area contributed by atoms with Crippen LogP contribution in [-0.4, -0.2) is 41.5 Å². The van der Waals surface area contributed by atoms with E-state index in [2.05, 4.69) is 29.0 Å². The lowest BCUT2D eigenvalue weighted by molar-refractivity contribution is -0.116. The number of aryl methyl sites for hydroxylation is 1. The van der Waals surface area contributed by atoms with Crippen LogP contribution in [0.5, 0.6) is 0 Å². The van der Waals surface area contributed by atoms with Gasteiger partial charge in [0.05, 0.1) is 10.7 Å². The Morgan fingerprint density at radius 3 is 3.10 bits per heavy atom. The minimum atomic E-state index is -0.0256. The van der Waals surface area contributed by atoms with Crippen LogP contribution >= 0.6 is 11.3 Å². The Morgan fingerprint density at radius 1 is 1.62 bits per heavy atom. The first-order chi connectivity index (χ1) is 10.0. The van der Waals surface area contributed by atoms with Crippen LogP contribution in [-0.2, 0) is 4.79 Å². The van der Waals surface area contributed by atoms with Crippen molar-refractivity contribution in [3.63, 3.8) is 0 Å². The summed E-state index contributed by atoms with van der Waals surface area (Å²) in [5.74, 6) is 0.544. The third kappa shape index (κ3) is 5.25. The highest BCUT2D eigenvalue weighted by molar-refractivity contribution is 7.09. The van der Waals surface area contributed by atoms with Gasteiger partial charge < -0.3 is 10.2 Å². The molecular weight excluding hydrogens is 282 g/mol. The molecule has 1 aliphatic heterocycles. The van der Waals surface area contributed by atoms with Crippen molar-refractivity contribution in [1.82, 2.24) is 15.2 Å². The Balaban J connectivity index is 1.74. The molecule has 0 spiro atoms. The number of amides is 1. The fourth-order valence-corrected chi connectivity index (χ4v) is 3.24. The molecule has 2 heterocycles. The fourth-order valence-electron chi connectivity index (χ4n) is 2.65. The maximum atomic E-state index is 11.8. The maximum absolute atomic E-state index is 11.8. The summed E-state index contributed by atoms with van der Waals surface area (Å²) < 4.78 is 0. The van der Waals surface area contributed by atoms with E-state index in [1.54, 1.807) is 23.5 Å². The number of hydrogen-bond acceptors (Lipinski definition) is 4. The minimum absolute atomic E-state index is 0.0256. The zero-order valence-electron chi connectivity index (χ0n) is 13.1. The molecule has 116 valence electrons. The van der Waals surface area contributed by atoms with Gasteiger partial charge in [0.1, 0.15) is 0 Å². The quantitative estimate of drug-likeness (QED) is 0.851. The normalized spacial score (nSPS) is 20.3. The maximum Gasteiger partial charge on any atom is 0.244 e. The molecule has 1 unspecified atom stereocenters. The first kappa shape index (κ1) is 16.2. The van der Waals surface area contributed by atoms with Crippen LogP contribution < -0.4 is 5.32 Å². The predicted octanol–water partition coefficient (Wildman–Crippen LogP) is 2.70. The molecule has 0 saturated carbocycles. The van der Waals surface area contributed by atoms with Gasteiger partial charge in [0.15, 0.2) is 0 Å². The molecule has 1 atom stereocenters. The Bertz CT molecular complexity index is 495. The van der Waals surface area contributed by atoms with Gasteiger partial charge in [-0.05, 0) is 52.2 Å². The molecule has 1 amide bonds. The Kier molecular flexibility index (Phi) is 5.94. The van der Waals surface area contributed by atoms with E-state index in [-0.39, 0.29) is 5.91 Å². The van der Waals surface area contributed by atoms with Crippen LogP contribution in [0.25, 0.3) is 6.08 Å². The number of rotatable bonds is 5. The van der Waals surface area contributed by atoms with E-state index >= 15 is 0 Å². The Labute approximate surface area is 131 Å². The summed E-state index contributed by atoms with van der Waals surface area (Å²) in [6.45, 7) is 9.48. The second-order valence-electron chi connectivity index (χ2n) is 5.97. The average Bonchev–Trinajstić information content (AvgIpc) is 2.89. The van der Waals surface area contributed by atoms with E-state index < -0.39 is 0 Å². The van der Waals surface area contributed by atoms with Gasteiger partial charge in [0.2, 0.25) is 5.91 Å². The molecule has 5 heteroatoms. The van der Waals surface area contributed by atoms with Crippen molar-refractivity contribution in [2.75, 3.05) is 19.6 Å². The van der Waals surface area contributed by atoms with Crippen molar-refractivity contribution < 1.29 is 4.79 Å². The van der Waals surface area contributed by atoms with Crippen molar-refractivity contribution in [3.05, 3.63) is 22.2 Å². The van der Waals surface area contributed by atoms with E-state index in [9.17, 15) is 4.79 Å². The zero-order chi connectivity index (χ0) is 15.2. The number of carbonyl (C=O) groups is 1. The molecule has 0 aliphatic carbocycles. The topological polar surface area (TPSA) is 45.2 Å². The number of carbonyl (C=O) groups excluding carboxylic acids is 1. The van der Waals surface area contributed by atoms with Gasteiger partial charge in [-0.1, -0.05) is 0 Å². The summed E-state index contributed by atoms with van der Waals surface area (Å²) >= 11 is 1.60. The van der Waals surface area contributed by atoms with E-state index in [1.807, 2.05) is 12.3 Å². The number of nitrogens with zero attached hydrogens (tertiary/aromatic N) is 2. The molecule has 0 aromatic carbocycles. The highest BCUT2D eigenvalue weighted by Crippen LogP contribution is 2.17. The molecule has 0 radical (unpaired) electrons. The van der Waals surface area contributed by atoms with Gasteiger partial charge in [0, 0.05) is 30.6 Å². The fraction of sp³-hybridized carbons (Fsp3) is 0.625. The molecule has 21 heavy (non-hydrogen) atoms. The first-order valence-electron chi connectivity index (χ1n) is 7.66. The zero-order valence-corrected chi connectivity index (χ0v) is 13.9. The van der Waals surface area contributed by atoms with Crippen LogP contribution in [0.3, 0.4) is 0 Å². The van der Waals surface area contributed by atoms with Gasteiger partial charge in [-0.25, -0.2) is 4.98 Å². The molecule has 4 nitrogen and oxygen atoms in total. The SMILES string of the molecule is Cc1nc(C=CC(=O)NCC2CCCN(C(C)C)C2)cs1. The number of piperidine rings is 1. The molecule has 1 fully saturated rings. The van der Waals surface area contributed by atoms with Gasteiger partial charge in [0.25, 0.3) is 0 Å². The summed E-state index contributed by atoms with van der Waals surface area (Å²) in [7, 11) is 0. The lowest BCUT2D eigenvalue weighted by Gasteiger charge is -2.35. The largest absolute Gasteiger partial charge is 0.352 e. The smallest absolute Gasteiger partial charge is 0.244 e. The van der Waals surface area contributed by atoms with Gasteiger partial charge in [-0.15, -0.1) is 11.3 Å². The highest BCUT2D eigenvalue weighted by atomic mass is 32.1. The van der Waals surface area contributed by atoms with Gasteiger partial charge in [-0.2, -0.15) is 0 Å². The predicted molar refractivity (Wildman–Crippen MR) is 88.3 cm³/mol. The van der Waals surface area contributed by atoms with Gasteiger partial charge in [-0.3, -0.25) is 4.79 Å². The van der Waals surface area contributed by atoms with Crippen LogP contribution in [0.1, 0.15) is 37.4 Å². The van der Waals surface area contributed by atoms with E-state index in [4.69, 9.17) is 0 Å². The molecule has 1 saturated heterocycles. The number of nitrogens with one attached hydrogen (secondary N) is 1. The molecule has 1 aromatic rings. The summed E-state index contributed by atoms with van der Waals surface area (Å²) in [4.78, 5) is 18.6. The van der Waals surface area contributed by atoms with E-state index in [1.165, 1.54) is 19.4 Å². The summed E-state index contributed by atoms with van der Waals surface area (Å²) in [6, 6.07) is 0.594. The van der Waals surface area contributed by atoms with Crippen molar-refractivity contribution in [3.8, 4) is 0 Å². The van der Waals surface area contributed by atoms with Crippen molar-refractivity contribution in [2.24, 2.45) is 5.92 Å². The molecule has 1 aliphatic rings.